The van der Waals surface area contributed by atoms with Crippen LogP contribution in [0.15, 0.2) is 48.5 Å². The molecule has 6 N–H and O–H groups in total. The van der Waals surface area contributed by atoms with Gasteiger partial charge >= 0.3 is 0 Å². The first-order valence-corrected chi connectivity index (χ1v) is 13.0. The van der Waals surface area contributed by atoms with E-state index >= 15 is 0 Å². The fourth-order valence-electron chi connectivity index (χ4n) is 4.55. The third-order valence-electron chi connectivity index (χ3n) is 6.51. The van der Waals surface area contributed by atoms with Gasteiger partial charge in [-0.05, 0) is 81.3 Å². The lowest BCUT2D eigenvalue weighted by Crippen LogP contribution is -2.36. The Balaban J connectivity index is 1.29. The normalized spacial score (nSPS) is 17.2. The molecule has 1 aliphatic rings. The van der Waals surface area contributed by atoms with E-state index in [2.05, 4.69) is 67.5 Å². The lowest BCUT2D eigenvalue weighted by atomic mass is 10.1. The van der Waals surface area contributed by atoms with Crippen molar-refractivity contribution in [2.45, 2.75) is 32.9 Å². The number of pyridine rings is 1. The highest BCUT2D eigenvalue weighted by atomic mass is 15.1. The summed E-state index contributed by atoms with van der Waals surface area (Å²) in [6.07, 6.45) is 2.35. The van der Waals surface area contributed by atoms with Gasteiger partial charge in [0.1, 0.15) is 0 Å². The van der Waals surface area contributed by atoms with Gasteiger partial charge in [0.2, 0.25) is 0 Å². The van der Waals surface area contributed by atoms with Crippen molar-refractivity contribution < 1.29 is 0 Å². The summed E-state index contributed by atoms with van der Waals surface area (Å²) in [4.78, 5) is 7.14. The quantitative estimate of drug-likeness (QED) is 0.387. The van der Waals surface area contributed by atoms with Crippen LogP contribution in [-0.4, -0.2) is 62.2 Å². The van der Waals surface area contributed by atoms with Gasteiger partial charge in [-0.2, -0.15) is 0 Å². The number of anilines is 2. The lowest BCUT2D eigenvalue weighted by molar-refractivity contribution is 0.260. The van der Waals surface area contributed by atoms with Crippen LogP contribution in [0.2, 0.25) is 0 Å². The molecule has 0 unspecified atom stereocenters. The first kappa shape index (κ1) is 25.4. The molecule has 0 atom stereocenters. The maximum absolute atomic E-state index is 6.21. The Labute approximate surface area is 209 Å². The number of nitrogen functional groups attached to an aromatic ring is 1. The van der Waals surface area contributed by atoms with Gasteiger partial charge in [-0.25, -0.2) is 0 Å². The molecule has 1 aromatic heterocycles. The predicted octanol–water partition coefficient (Wildman–Crippen LogP) is 3.10. The first-order chi connectivity index (χ1) is 17.2. The number of rotatable bonds is 5. The summed E-state index contributed by atoms with van der Waals surface area (Å²) in [5.41, 5.74) is 12.6. The summed E-state index contributed by atoms with van der Waals surface area (Å²) in [7, 11) is 0. The topological polar surface area (TPSA) is 90.3 Å². The molecule has 35 heavy (non-hydrogen) atoms. The Morgan fingerprint density at radius 1 is 0.829 bits per heavy atom. The zero-order valence-corrected chi connectivity index (χ0v) is 21.1. The number of nitrogens with two attached hydrogens (primary N) is 1. The second-order valence-corrected chi connectivity index (χ2v) is 9.49. The minimum Gasteiger partial charge on any atom is -0.398 e. The van der Waals surface area contributed by atoms with Crippen LogP contribution in [0.25, 0.3) is 10.9 Å². The van der Waals surface area contributed by atoms with Gasteiger partial charge in [0.25, 0.3) is 0 Å². The largest absolute Gasteiger partial charge is 0.398 e. The van der Waals surface area contributed by atoms with E-state index in [0.717, 1.165) is 93.4 Å². The molecule has 4 rings (SSSR count). The molecule has 0 amide bonds. The number of fused-ring (bicyclic) bond motifs is 1. The molecule has 188 valence electrons. The Morgan fingerprint density at radius 2 is 1.54 bits per heavy atom. The van der Waals surface area contributed by atoms with E-state index in [1.165, 1.54) is 24.0 Å². The van der Waals surface area contributed by atoms with Crippen LogP contribution in [-0.2, 0) is 13.1 Å². The van der Waals surface area contributed by atoms with Crippen LogP contribution in [0, 0.1) is 6.92 Å². The lowest BCUT2D eigenvalue weighted by Gasteiger charge is -2.23. The number of aryl methyl sites for hydroxylation is 1. The molecule has 7 heteroatoms. The molecule has 1 fully saturated rings. The van der Waals surface area contributed by atoms with Crippen LogP contribution < -0.4 is 27.0 Å². The molecule has 0 aliphatic carbocycles. The van der Waals surface area contributed by atoms with E-state index in [1.54, 1.807) is 0 Å². The summed E-state index contributed by atoms with van der Waals surface area (Å²) >= 11 is 0. The molecule has 0 bridgehead atoms. The average Bonchev–Trinajstić information content (AvgIpc) is 2.86. The number of aromatic nitrogens is 1. The fourth-order valence-corrected chi connectivity index (χ4v) is 4.55. The minimum atomic E-state index is 0.774. The van der Waals surface area contributed by atoms with Gasteiger partial charge < -0.3 is 27.0 Å². The molecular formula is C28H41N7. The first-order valence-electron chi connectivity index (χ1n) is 13.0. The summed E-state index contributed by atoms with van der Waals surface area (Å²) in [6, 6.07) is 17.1. The van der Waals surface area contributed by atoms with Crippen LogP contribution in [0.3, 0.4) is 0 Å². The average molecular weight is 476 g/mol. The summed E-state index contributed by atoms with van der Waals surface area (Å²) in [5, 5.41) is 15.2. The fraction of sp³-hybridized carbons (Fsp3) is 0.464. The third kappa shape index (κ3) is 8.18. The number of hydrogen-bond donors (Lipinski definition) is 5. The van der Waals surface area contributed by atoms with E-state index in [-0.39, 0.29) is 0 Å². The van der Waals surface area contributed by atoms with Crippen molar-refractivity contribution in [2.75, 3.05) is 63.4 Å². The minimum absolute atomic E-state index is 0.774. The van der Waals surface area contributed by atoms with E-state index in [4.69, 9.17) is 5.73 Å². The molecular weight excluding hydrogens is 434 g/mol. The third-order valence-corrected chi connectivity index (χ3v) is 6.51. The summed E-state index contributed by atoms with van der Waals surface area (Å²) in [6.45, 7) is 12.3. The highest BCUT2D eigenvalue weighted by Crippen LogP contribution is 2.24. The van der Waals surface area contributed by atoms with Gasteiger partial charge in [0.05, 0.1) is 5.52 Å². The smallest absolute Gasteiger partial charge is 0.0727 e. The number of nitrogens with zero attached hydrogens (tertiary/aromatic N) is 2. The number of benzene rings is 2. The number of nitrogens with one attached hydrogen (secondary N) is 4. The Hall–Kier alpha value is -2.71. The van der Waals surface area contributed by atoms with Crippen molar-refractivity contribution >= 4 is 22.3 Å². The highest BCUT2D eigenvalue weighted by molar-refractivity contribution is 5.92. The SMILES string of the molecule is Cc1cc(N)c2cc(NCc3ccc(CN4CCCNCCNCCCNCC4)cc3)ccc2n1. The van der Waals surface area contributed by atoms with Crippen LogP contribution in [0.1, 0.15) is 29.7 Å². The van der Waals surface area contributed by atoms with Gasteiger partial charge in [-0.3, -0.25) is 9.88 Å². The highest BCUT2D eigenvalue weighted by Gasteiger charge is 2.07. The second kappa shape index (κ2) is 13.4. The molecule has 1 aliphatic heterocycles. The van der Waals surface area contributed by atoms with Crippen molar-refractivity contribution in [3.8, 4) is 0 Å². The van der Waals surface area contributed by atoms with Crippen molar-refractivity contribution in [2.24, 2.45) is 0 Å². The molecule has 0 saturated carbocycles. The van der Waals surface area contributed by atoms with Gasteiger partial charge in [-0.15, -0.1) is 0 Å². The second-order valence-electron chi connectivity index (χ2n) is 9.49. The van der Waals surface area contributed by atoms with Gasteiger partial charge in [0, 0.05) is 61.7 Å². The molecule has 2 aromatic carbocycles. The molecule has 0 spiro atoms. The monoisotopic (exact) mass is 475 g/mol. The Bertz CT molecular complexity index is 1040. The maximum atomic E-state index is 6.21. The van der Waals surface area contributed by atoms with E-state index in [9.17, 15) is 0 Å². The van der Waals surface area contributed by atoms with Gasteiger partial charge in [0.15, 0.2) is 0 Å². The zero-order valence-electron chi connectivity index (χ0n) is 21.1. The number of hydrogen-bond acceptors (Lipinski definition) is 7. The molecule has 7 nitrogen and oxygen atoms in total. The van der Waals surface area contributed by atoms with Gasteiger partial charge in [-0.1, -0.05) is 24.3 Å². The summed E-state index contributed by atoms with van der Waals surface area (Å²) < 4.78 is 0. The van der Waals surface area contributed by atoms with Crippen molar-refractivity contribution in [3.63, 3.8) is 0 Å². The van der Waals surface area contributed by atoms with Crippen molar-refractivity contribution in [1.29, 1.82) is 0 Å². The maximum Gasteiger partial charge on any atom is 0.0727 e. The van der Waals surface area contributed by atoms with E-state index in [0.29, 0.717) is 0 Å². The van der Waals surface area contributed by atoms with E-state index in [1.807, 2.05) is 19.1 Å². The van der Waals surface area contributed by atoms with Crippen LogP contribution in [0.4, 0.5) is 11.4 Å². The molecule has 1 saturated heterocycles. The Morgan fingerprint density at radius 3 is 2.34 bits per heavy atom. The van der Waals surface area contributed by atoms with Crippen molar-refractivity contribution in [3.05, 3.63) is 65.4 Å². The zero-order chi connectivity index (χ0) is 24.3. The molecule has 3 aromatic rings. The van der Waals surface area contributed by atoms with Crippen molar-refractivity contribution in [1.82, 2.24) is 25.8 Å². The van der Waals surface area contributed by atoms with E-state index < -0.39 is 0 Å². The predicted molar refractivity (Wildman–Crippen MR) is 148 cm³/mol. The Kier molecular flexibility index (Phi) is 9.72. The van der Waals surface area contributed by atoms with Crippen LogP contribution in [0.5, 0.6) is 0 Å². The molecule has 0 radical (unpaired) electrons. The van der Waals surface area contributed by atoms with Crippen LogP contribution >= 0.6 is 0 Å². The standard InChI is InChI=1S/C28H41N7/c1-22-18-27(29)26-19-25(8-9-28(26)34-22)33-20-23-4-6-24(7-5-23)21-35-16-3-12-31-14-13-30-10-2-11-32-15-17-35/h4-9,18-19,30-33H,2-3,10-17,20-21H2,1H3,(H2,29,34). The molecule has 2 heterocycles. The summed E-state index contributed by atoms with van der Waals surface area (Å²) in [5.74, 6) is 0.